The summed E-state index contributed by atoms with van der Waals surface area (Å²) < 4.78 is 2.18. The number of hydrogen-bond acceptors (Lipinski definition) is 2. The fourth-order valence-electron chi connectivity index (χ4n) is 3.23. The Kier molecular flexibility index (Phi) is 3.23. The van der Waals surface area contributed by atoms with Gasteiger partial charge in [0.15, 0.2) is 0 Å². The summed E-state index contributed by atoms with van der Waals surface area (Å²) in [6.45, 7) is 6.06. The SMILES string of the molecule is Cc1cc2c(n1C(C)(C)CC(N)=O)CCCC2O. The van der Waals surface area contributed by atoms with E-state index < -0.39 is 0 Å². The van der Waals surface area contributed by atoms with Crippen molar-refractivity contribution in [2.75, 3.05) is 0 Å². The fourth-order valence-corrected chi connectivity index (χ4v) is 3.23. The van der Waals surface area contributed by atoms with Crippen molar-refractivity contribution in [1.82, 2.24) is 4.57 Å². The Morgan fingerprint density at radius 1 is 1.61 bits per heavy atom. The molecule has 100 valence electrons. The molecule has 0 aliphatic heterocycles. The van der Waals surface area contributed by atoms with Gasteiger partial charge in [0, 0.05) is 28.9 Å². The number of nitrogens with two attached hydrogens (primary N) is 1. The van der Waals surface area contributed by atoms with E-state index in [4.69, 9.17) is 5.73 Å². The standard InChI is InChI=1S/C14H22N2O2/c1-9-7-10-11(5-4-6-12(10)17)16(9)14(2,3)8-13(15)18/h7,12,17H,4-6,8H2,1-3H3,(H2,15,18). The van der Waals surface area contributed by atoms with Crippen molar-refractivity contribution >= 4 is 5.91 Å². The summed E-state index contributed by atoms with van der Waals surface area (Å²) >= 11 is 0. The first-order valence-electron chi connectivity index (χ1n) is 6.51. The third-order valence-corrected chi connectivity index (χ3v) is 3.78. The number of aliphatic hydroxyl groups is 1. The van der Waals surface area contributed by atoms with Crippen LogP contribution in [0.3, 0.4) is 0 Å². The summed E-state index contributed by atoms with van der Waals surface area (Å²) in [5.41, 5.74) is 8.28. The minimum atomic E-state index is -0.363. The second-order valence-electron chi connectivity index (χ2n) is 5.89. The number of aryl methyl sites for hydroxylation is 1. The van der Waals surface area contributed by atoms with Crippen molar-refractivity contribution in [3.8, 4) is 0 Å². The van der Waals surface area contributed by atoms with Gasteiger partial charge in [-0.25, -0.2) is 0 Å². The van der Waals surface area contributed by atoms with Gasteiger partial charge in [-0.2, -0.15) is 0 Å². The molecule has 0 spiro atoms. The average Bonchev–Trinajstić information content (AvgIpc) is 2.54. The van der Waals surface area contributed by atoms with Gasteiger partial charge in [-0.1, -0.05) is 0 Å². The largest absolute Gasteiger partial charge is 0.388 e. The lowest BCUT2D eigenvalue weighted by Gasteiger charge is -2.32. The first kappa shape index (κ1) is 13.1. The summed E-state index contributed by atoms with van der Waals surface area (Å²) in [5.74, 6) is -0.293. The molecule has 1 atom stereocenters. The maximum absolute atomic E-state index is 11.2. The quantitative estimate of drug-likeness (QED) is 0.858. The van der Waals surface area contributed by atoms with Gasteiger partial charge in [0.1, 0.15) is 0 Å². The molecule has 0 bridgehead atoms. The van der Waals surface area contributed by atoms with Gasteiger partial charge in [0.25, 0.3) is 0 Å². The topological polar surface area (TPSA) is 68.2 Å². The second-order valence-corrected chi connectivity index (χ2v) is 5.89. The summed E-state index contributed by atoms with van der Waals surface area (Å²) in [5, 5.41) is 10.0. The number of amides is 1. The molecule has 1 unspecified atom stereocenters. The summed E-state index contributed by atoms with van der Waals surface area (Å²) in [6.07, 6.45) is 2.72. The Hall–Kier alpha value is -1.29. The Morgan fingerprint density at radius 3 is 2.89 bits per heavy atom. The Morgan fingerprint density at radius 2 is 2.28 bits per heavy atom. The van der Waals surface area contributed by atoms with E-state index in [1.165, 1.54) is 0 Å². The third-order valence-electron chi connectivity index (χ3n) is 3.78. The molecule has 0 radical (unpaired) electrons. The molecule has 1 aromatic heterocycles. The Labute approximate surface area is 108 Å². The molecule has 1 aliphatic carbocycles. The Bertz CT molecular complexity index is 474. The first-order valence-corrected chi connectivity index (χ1v) is 6.51. The summed E-state index contributed by atoms with van der Waals surface area (Å²) in [6, 6.07) is 2.04. The van der Waals surface area contributed by atoms with Crippen LogP contribution < -0.4 is 5.73 Å². The zero-order valence-corrected chi connectivity index (χ0v) is 11.4. The van der Waals surface area contributed by atoms with E-state index in [1.807, 2.05) is 26.8 Å². The van der Waals surface area contributed by atoms with Crippen LogP contribution in [0.25, 0.3) is 0 Å². The van der Waals surface area contributed by atoms with E-state index in [0.29, 0.717) is 6.42 Å². The molecule has 18 heavy (non-hydrogen) atoms. The predicted molar refractivity (Wildman–Crippen MR) is 70.2 cm³/mol. The van der Waals surface area contributed by atoms with Crippen LogP contribution in [-0.4, -0.2) is 15.6 Å². The molecular formula is C14H22N2O2. The molecule has 1 aromatic rings. The molecule has 1 heterocycles. The highest BCUT2D eigenvalue weighted by Crippen LogP contribution is 2.36. The molecule has 2 rings (SSSR count). The van der Waals surface area contributed by atoms with Crippen molar-refractivity contribution in [2.24, 2.45) is 5.73 Å². The molecule has 0 saturated heterocycles. The van der Waals surface area contributed by atoms with Crippen molar-refractivity contribution < 1.29 is 9.90 Å². The summed E-state index contributed by atoms with van der Waals surface area (Å²) in [7, 11) is 0. The van der Waals surface area contributed by atoms with Gasteiger partial charge in [-0.15, -0.1) is 0 Å². The minimum Gasteiger partial charge on any atom is -0.388 e. The van der Waals surface area contributed by atoms with Crippen LogP contribution in [0.5, 0.6) is 0 Å². The number of carbonyl (C=O) groups is 1. The molecule has 4 nitrogen and oxygen atoms in total. The lowest BCUT2D eigenvalue weighted by molar-refractivity contribution is -0.119. The van der Waals surface area contributed by atoms with E-state index in [0.717, 1.165) is 36.2 Å². The predicted octanol–water partition coefficient (Wildman–Crippen LogP) is 1.78. The van der Waals surface area contributed by atoms with Gasteiger partial charge in [0.05, 0.1) is 6.10 Å². The number of fused-ring (bicyclic) bond motifs is 1. The number of rotatable bonds is 3. The maximum atomic E-state index is 11.2. The monoisotopic (exact) mass is 250 g/mol. The van der Waals surface area contributed by atoms with Gasteiger partial charge in [-0.3, -0.25) is 4.79 Å². The van der Waals surface area contributed by atoms with Gasteiger partial charge in [-0.05, 0) is 46.1 Å². The van der Waals surface area contributed by atoms with Crippen LogP contribution >= 0.6 is 0 Å². The smallest absolute Gasteiger partial charge is 0.219 e. The Balaban J connectivity index is 2.48. The molecule has 1 amide bonds. The normalized spacial score (nSPS) is 19.7. The van der Waals surface area contributed by atoms with Gasteiger partial charge in [0.2, 0.25) is 5.91 Å². The molecule has 1 aliphatic rings. The number of nitrogens with zero attached hydrogens (tertiary/aromatic N) is 1. The lowest BCUT2D eigenvalue weighted by Crippen LogP contribution is -2.34. The van der Waals surface area contributed by atoms with Crippen LogP contribution in [0.4, 0.5) is 0 Å². The summed E-state index contributed by atoms with van der Waals surface area (Å²) in [4.78, 5) is 11.2. The number of hydrogen-bond donors (Lipinski definition) is 2. The second kappa shape index (κ2) is 4.43. The van der Waals surface area contributed by atoms with Crippen molar-refractivity contribution in [2.45, 2.75) is 58.1 Å². The van der Waals surface area contributed by atoms with E-state index in [2.05, 4.69) is 4.57 Å². The van der Waals surface area contributed by atoms with Crippen LogP contribution in [0.2, 0.25) is 0 Å². The number of carbonyl (C=O) groups excluding carboxylic acids is 1. The van der Waals surface area contributed by atoms with Crippen molar-refractivity contribution in [3.05, 3.63) is 23.0 Å². The molecule has 0 aromatic carbocycles. The van der Waals surface area contributed by atoms with Crippen molar-refractivity contribution in [1.29, 1.82) is 0 Å². The number of primary amides is 1. The minimum absolute atomic E-state index is 0.293. The van der Waals surface area contributed by atoms with E-state index in [1.54, 1.807) is 0 Å². The number of aromatic nitrogens is 1. The molecule has 0 fully saturated rings. The van der Waals surface area contributed by atoms with E-state index in [-0.39, 0.29) is 17.6 Å². The van der Waals surface area contributed by atoms with Gasteiger partial charge < -0.3 is 15.4 Å². The number of aliphatic hydroxyl groups excluding tert-OH is 1. The highest BCUT2D eigenvalue weighted by atomic mass is 16.3. The average molecular weight is 250 g/mol. The van der Waals surface area contributed by atoms with Crippen LogP contribution in [-0.2, 0) is 16.8 Å². The lowest BCUT2D eigenvalue weighted by atomic mass is 9.93. The molecular weight excluding hydrogens is 228 g/mol. The van der Waals surface area contributed by atoms with E-state index in [9.17, 15) is 9.90 Å². The zero-order valence-electron chi connectivity index (χ0n) is 11.4. The van der Waals surface area contributed by atoms with Crippen LogP contribution in [0.15, 0.2) is 6.07 Å². The zero-order chi connectivity index (χ0) is 13.5. The fraction of sp³-hybridized carbons (Fsp3) is 0.643. The first-order chi connectivity index (χ1) is 8.33. The molecule has 3 N–H and O–H groups in total. The van der Waals surface area contributed by atoms with E-state index >= 15 is 0 Å². The maximum Gasteiger partial charge on any atom is 0.219 e. The molecule has 0 saturated carbocycles. The van der Waals surface area contributed by atoms with Crippen LogP contribution in [0.1, 0.15) is 56.2 Å². The van der Waals surface area contributed by atoms with Gasteiger partial charge >= 0.3 is 0 Å². The third kappa shape index (κ3) is 2.17. The van der Waals surface area contributed by atoms with Crippen LogP contribution in [0, 0.1) is 6.92 Å². The highest BCUT2D eigenvalue weighted by molar-refractivity contribution is 5.74. The molecule has 4 heteroatoms. The van der Waals surface area contributed by atoms with Crippen molar-refractivity contribution in [3.63, 3.8) is 0 Å². The highest BCUT2D eigenvalue weighted by Gasteiger charge is 2.31.